The number of hydrogen-bond acceptors (Lipinski definition) is 9. The molecule has 0 aromatic heterocycles. The highest BCUT2D eigenvalue weighted by atomic mass is 16.7. The van der Waals surface area contributed by atoms with Crippen molar-refractivity contribution in [1.82, 2.24) is 10.6 Å². The van der Waals surface area contributed by atoms with Crippen LogP contribution in [0.2, 0.25) is 0 Å². The van der Waals surface area contributed by atoms with Crippen molar-refractivity contribution in [2.75, 3.05) is 31.6 Å². The highest BCUT2D eigenvalue weighted by molar-refractivity contribution is 6.11. The van der Waals surface area contributed by atoms with E-state index >= 15 is 0 Å². The number of amides is 4. The molecule has 0 fully saturated rings. The summed E-state index contributed by atoms with van der Waals surface area (Å²) in [6.07, 6.45) is -0.208. The van der Waals surface area contributed by atoms with Crippen molar-refractivity contribution in [3.8, 4) is 23.3 Å². The van der Waals surface area contributed by atoms with Crippen LogP contribution in [-0.4, -0.2) is 49.9 Å². The number of nitrogens with one attached hydrogen (secondary N) is 4. The van der Waals surface area contributed by atoms with Gasteiger partial charge in [-0.2, -0.15) is 5.26 Å². The highest BCUT2D eigenvalue weighted by Gasteiger charge is 2.48. The van der Waals surface area contributed by atoms with Gasteiger partial charge in [0.15, 0.2) is 16.9 Å². The minimum Gasteiger partial charge on any atom is -0.506 e. The summed E-state index contributed by atoms with van der Waals surface area (Å²) in [5.74, 6) is -1.58. The zero-order valence-corrected chi connectivity index (χ0v) is 25.8. The van der Waals surface area contributed by atoms with Gasteiger partial charge in [-0.15, -0.1) is 0 Å². The number of anilines is 2. The number of ether oxygens (including phenoxy) is 3. The predicted octanol–water partition coefficient (Wildman–Crippen LogP) is 4.09. The van der Waals surface area contributed by atoms with Crippen molar-refractivity contribution in [2.45, 2.75) is 38.1 Å². The van der Waals surface area contributed by atoms with Gasteiger partial charge in [0.2, 0.25) is 18.6 Å². The molecule has 0 saturated heterocycles. The molecule has 3 aromatic carbocycles. The molecule has 0 aliphatic carbocycles. The largest absolute Gasteiger partial charge is 0.506 e. The molecule has 0 spiro atoms. The summed E-state index contributed by atoms with van der Waals surface area (Å²) in [7, 11) is 2.63. The van der Waals surface area contributed by atoms with Crippen LogP contribution >= 0.6 is 0 Å². The Kier molecular flexibility index (Phi) is 10.3. The fourth-order valence-corrected chi connectivity index (χ4v) is 5.26. The van der Waals surface area contributed by atoms with Gasteiger partial charge in [0, 0.05) is 12.7 Å². The van der Waals surface area contributed by atoms with Crippen molar-refractivity contribution in [3.63, 3.8) is 0 Å². The monoisotopic (exact) mass is 629 g/mol. The third-order valence-corrected chi connectivity index (χ3v) is 7.41. The second-order valence-corrected chi connectivity index (χ2v) is 11.0. The lowest BCUT2D eigenvalue weighted by Gasteiger charge is -2.34. The van der Waals surface area contributed by atoms with Crippen LogP contribution < -0.4 is 30.7 Å². The number of carbonyl (C=O) groups excluding carboxylic acids is 4. The fourth-order valence-electron chi connectivity index (χ4n) is 5.26. The molecule has 2 atom stereocenters. The quantitative estimate of drug-likeness (QED) is 0.118. The molecular formula is C33H35N5O8. The van der Waals surface area contributed by atoms with Gasteiger partial charge < -0.3 is 40.6 Å². The Balaban J connectivity index is 1.68. The van der Waals surface area contributed by atoms with Crippen LogP contribution in [0.5, 0.6) is 17.2 Å². The van der Waals surface area contributed by atoms with Crippen LogP contribution in [0.25, 0.3) is 0 Å². The topological polar surface area (TPSA) is 188 Å². The molecule has 0 saturated carbocycles. The Hall–Kier alpha value is -5.77. The van der Waals surface area contributed by atoms with Crippen LogP contribution in [0.15, 0.2) is 60.7 Å². The van der Waals surface area contributed by atoms with Crippen molar-refractivity contribution in [2.24, 2.45) is 5.92 Å². The molecular weight excluding hydrogens is 594 g/mol. The summed E-state index contributed by atoms with van der Waals surface area (Å²) in [5, 5.41) is 30.7. The van der Waals surface area contributed by atoms with E-state index in [1.165, 1.54) is 38.4 Å². The number of carbonyl (C=O) groups is 4. The lowest BCUT2D eigenvalue weighted by Crippen LogP contribution is -2.55. The molecule has 13 nitrogen and oxygen atoms in total. The highest BCUT2D eigenvalue weighted by Crippen LogP contribution is 2.39. The lowest BCUT2D eigenvalue weighted by atomic mass is 9.72. The van der Waals surface area contributed by atoms with E-state index in [2.05, 4.69) is 21.3 Å². The fraction of sp³-hybridized carbons (Fsp3) is 0.303. The molecule has 0 radical (unpaired) electrons. The molecule has 13 heteroatoms. The summed E-state index contributed by atoms with van der Waals surface area (Å²) in [6.45, 7) is 3.72. The predicted molar refractivity (Wildman–Crippen MR) is 167 cm³/mol. The molecule has 5 N–H and O–H groups in total. The smallest absolute Gasteiger partial charge is 0.323 e. The molecule has 0 unspecified atom stereocenters. The number of fused-ring (bicyclic) bond motifs is 1. The molecule has 1 aliphatic rings. The molecule has 1 aliphatic heterocycles. The normalized spacial score (nSPS) is 13.5. The van der Waals surface area contributed by atoms with Gasteiger partial charge in [0.05, 0.1) is 36.9 Å². The van der Waals surface area contributed by atoms with E-state index in [1.807, 2.05) is 19.9 Å². The second kappa shape index (κ2) is 14.3. The van der Waals surface area contributed by atoms with Crippen LogP contribution in [0.4, 0.5) is 16.2 Å². The number of esters is 1. The summed E-state index contributed by atoms with van der Waals surface area (Å²) in [4.78, 5) is 53.1. The second-order valence-electron chi connectivity index (χ2n) is 11.0. The first-order valence-electron chi connectivity index (χ1n) is 14.4. The first-order chi connectivity index (χ1) is 22.0. The maximum Gasteiger partial charge on any atom is 0.323 e. The summed E-state index contributed by atoms with van der Waals surface area (Å²) in [5.41, 5.74) is -0.450. The SMILES string of the molecule is CNC(=O)[C@@](CC(C)C)(C(=O)N[C@@H](CC(=O)OC)c1ccc2c(c1)OCO2)c1ccc(NC(=O)Nc2cccc(C#N)c2)c(O)c1. The number of phenols is 1. The Labute approximate surface area is 265 Å². The van der Waals surface area contributed by atoms with Crippen molar-refractivity contribution >= 4 is 35.2 Å². The van der Waals surface area contributed by atoms with Crippen molar-refractivity contribution in [1.29, 1.82) is 5.26 Å². The van der Waals surface area contributed by atoms with E-state index in [0.717, 1.165) is 0 Å². The van der Waals surface area contributed by atoms with E-state index in [0.29, 0.717) is 28.3 Å². The lowest BCUT2D eigenvalue weighted by molar-refractivity contribution is -0.142. The maximum atomic E-state index is 14.4. The van der Waals surface area contributed by atoms with Gasteiger partial charge in [-0.3, -0.25) is 14.4 Å². The molecule has 0 bridgehead atoms. The van der Waals surface area contributed by atoms with Gasteiger partial charge in [-0.1, -0.05) is 32.0 Å². The zero-order chi connectivity index (χ0) is 33.4. The van der Waals surface area contributed by atoms with Gasteiger partial charge in [0.25, 0.3) is 0 Å². The Bertz CT molecular complexity index is 1680. The van der Waals surface area contributed by atoms with Crippen LogP contribution in [-0.2, 0) is 24.5 Å². The Morgan fingerprint density at radius 1 is 1.00 bits per heavy atom. The number of likely N-dealkylation sites (N-methyl/N-ethyl adjacent to an activating group) is 1. The third-order valence-electron chi connectivity index (χ3n) is 7.41. The van der Waals surface area contributed by atoms with E-state index in [1.54, 1.807) is 36.4 Å². The third kappa shape index (κ3) is 7.29. The van der Waals surface area contributed by atoms with Gasteiger partial charge in [0.1, 0.15) is 5.75 Å². The van der Waals surface area contributed by atoms with E-state index < -0.39 is 41.0 Å². The summed E-state index contributed by atoms with van der Waals surface area (Å²) >= 11 is 0. The molecule has 4 amide bonds. The van der Waals surface area contributed by atoms with Gasteiger partial charge in [-0.05, 0) is 65.9 Å². The molecule has 46 heavy (non-hydrogen) atoms. The average Bonchev–Trinajstić information content (AvgIpc) is 3.51. The Morgan fingerprint density at radius 2 is 1.76 bits per heavy atom. The molecule has 240 valence electrons. The van der Waals surface area contributed by atoms with Crippen LogP contribution in [0.3, 0.4) is 0 Å². The molecule has 1 heterocycles. The number of urea groups is 1. The number of rotatable bonds is 11. The molecule has 4 rings (SSSR count). The summed E-state index contributed by atoms with van der Waals surface area (Å²) in [6, 6.07) is 15.8. The average molecular weight is 630 g/mol. The molecule has 3 aromatic rings. The number of nitriles is 1. The zero-order valence-electron chi connectivity index (χ0n) is 25.8. The minimum absolute atomic E-state index is 0.0115. The van der Waals surface area contributed by atoms with Gasteiger partial charge >= 0.3 is 12.0 Å². The van der Waals surface area contributed by atoms with Crippen LogP contribution in [0.1, 0.15) is 49.4 Å². The Morgan fingerprint density at radius 3 is 2.43 bits per heavy atom. The number of methoxy groups -OCH3 is 1. The first kappa shape index (κ1) is 33.1. The first-order valence-corrected chi connectivity index (χ1v) is 14.4. The van der Waals surface area contributed by atoms with E-state index in [4.69, 9.17) is 19.5 Å². The number of nitrogens with zero attached hydrogens (tertiary/aromatic N) is 1. The van der Waals surface area contributed by atoms with Gasteiger partial charge in [-0.25, -0.2) is 4.79 Å². The minimum atomic E-state index is -1.86. The van der Waals surface area contributed by atoms with Crippen molar-refractivity contribution < 1.29 is 38.5 Å². The number of aromatic hydroxyl groups is 1. The van der Waals surface area contributed by atoms with E-state index in [-0.39, 0.29) is 36.8 Å². The number of phenolic OH excluding ortho intramolecular Hbond substituents is 1. The number of hydrogen-bond donors (Lipinski definition) is 5. The number of benzene rings is 3. The standard InChI is InChI=1S/C33H35N5O8/c1-19(2)16-33(30(41)35-3,31(42)37-25(15-29(40)44-4)21-8-11-27-28(13-21)46-18-45-27)22-9-10-24(26(39)14-22)38-32(43)36-23-7-5-6-20(12-23)17-34/h5-14,19,25,39H,15-16,18H2,1-4H3,(H,35,41)(H,37,42)(H2,36,38,43)/t25-,33-/m0/s1. The maximum absolute atomic E-state index is 14.4. The van der Waals surface area contributed by atoms with Crippen LogP contribution in [0, 0.1) is 17.2 Å². The van der Waals surface area contributed by atoms with Crippen molar-refractivity contribution in [3.05, 3.63) is 77.4 Å². The van der Waals surface area contributed by atoms with E-state index in [9.17, 15) is 24.3 Å². The summed E-state index contributed by atoms with van der Waals surface area (Å²) < 4.78 is 15.7.